The largest absolute Gasteiger partial charge is 0.501 e. The molecule has 0 N–H and O–H groups in total. The lowest BCUT2D eigenvalue weighted by molar-refractivity contribution is 0.00912. The van der Waals surface area contributed by atoms with E-state index in [4.69, 9.17) is 44.3 Å². The van der Waals surface area contributed by atoms with E-state index in [0.717, 1.165) is 31.7 Å². The number of likely N-dealkylation sites (tertiary alicyclic amines) is 2. The van der Waals surface area contributed by atoms with Crippen molar-refractivity contribution in [2.75, 3.05) is 40.4 Å². The maximum atomic E-state index is 13.6. The van der Waals surface area contributed by atoms with Crippen LogP contribution in [0.2, 0.25) is 15.1 Å². The Balaban J connectivity index is 1.57. The number of carbonyl (C=O) groups is 1. The van der Waals surface area contributed by atoms with Crippen molar-refractivity contribution in [3.8, 4) is 16.9 Å². The molecule has 2 fully saturated rings. The van der Waals surface area contributed by atoms with E-state index in [9.17, 15) is 4.79 Å². The number of amides is 1. The van der Waals surface area contributed by atoms with Crippen LogP contribution in [0.1, 0.15) is 23.2 Å². The molecule has 8 heteroatoms. The number of rotatable bonds is 6. The van der Waals surface area contributed by atoms with E-state index >= 15 is 0 Å². The molecular weight excluding hydrogens is 483 g/mol. The smallest absolute Gasteiger partial charge is 0.257 e. The van der Waals surface area contributed by atoms with Crippen molar-refractivity contribution in [1.82, 2.24) is 9.80 Å². The quantitative estimate of drug-likeness (QED) is 0.447. The summed E-state index contributed by atoms with van der Waals surface area (Å²) in [6, 6.07) is 8.93. The van der Waals surface area contributed by atoms with Crippen molar-refractivity contribution in [2.24, 2.45) is 5.92 Å². The molecule has 0 aromatic heterocycles. The van der Waals surface area contributed by atoms with Gasteiger partial charge in [0.2, 0.25) is 0 Å². The maximum absolute atomic E-state index is 13.6. The average molecular weight is 510 g/mol. The molecule has 1 unspecified atom stereocenters. The van der Waals surface area contributed by atoms with Crippen molar-refractivity contribution in [3.05, 3.63) is 63.3 Å². The zero-order chi connectivity index (χ0) is 23.7. The van der Waals surface area contributed by atoms with Crippen LogP contribution < -0.4 is 4.74 Å². The van der Waals surface area contributed by atoms with E-state index in [1.54, 1.807) is 37.4 Å². The summed E-state index contributed by atoms with van der Waals surface area (Å²) in [4.78, 5) is 17.9. The number of nitrogens with zero attached hydrogens (tertiary/aromatic N) is 2. The number of carbonyl (C=O) groups excluding carboxylic acids is 1. The second kappa shape index (κ2) is 10.1. The third kappa shape index (κ3) is 4.97. The van der Waals surface area contributed by atoms with Crippen LogP contribution in [-0.4, -0.2) is 62.1 Å². The summed E-state index contributed by atoms with van der Waals surface area (Å²) in [5.41, 5.74) is 1.78. The zero-order valence-corrected chi connectivity index (χ0v) is 21.0. The number of hydrogen-bond acceptors (Lipinski definition) is 4. The van der Waals surface area contributed by atoms with Crippen molar-refractivity contribution in [1.29, 1.82) is 0 Å². The van der Waals surface area contributed by atoms with E-state index in [1.807, 2.05) is 4.90 Å². The molecule has 2 aliphatic rings. The number of methoxy groups -OCH3 is 2. The molecular formula is C25H27Cl3N2O3. The Hall–Kier alpha value is -1.92. The van der Waals surface area contributed by atoms with Gasteiger partial charge in [0.15, 0.2) is 0 Å². The van der Waals surface area contributed by atoms with Crippen LogP contribution in [0.3, 0.4) is 0 Å². The van der Waals surface area contributed by atoms with Gasteiger partial charge in [-0.25, -0.2) is 0 Å². The molecule has 2 heterocycles. The van der Waals surface area contributed by atoms with Gasteiger partial charge >= 0.3 is 0 Å². The minimum absolute atomic E-state index is 0.0778. The number of ether oxygens (including phenoxy) is 2. The van der Waals surface area contributed by atoms with Gasteiger partial charge in [-0.3, -0.25) is 9.69 Å². The molecule has 1 atom stereocenters. The van der Waals surface area contributed by atoms with Gasteiger partial charge in [-0.05, 0) is 37.1 Å². The first-order valence-electron chi connectivity index (χ1n) is 10.9. The first-order valence-corrected chi connectivity index (χ1v) is 12.0. The molecule has 4 rings (SSSR count). The summed E-state index contributed by atoms with van der Waals surface area (Å²) in [5, 5.41) is 1.49. The summed E-state index contributed by atoms with van der Waals surface area (Å²) in [5.74, 6) is 1.55. The summed E-state index contributed by atoms with van der Waals surface area (Å²) in [7, 11) is 3.20. The van der Waals surface area contributed by atoms with Crippen LogP contribution in [0, 0.1) is 5.92 Å². The summed E-state index contributed by atoms with van der Waals surface area (Å²) in [6.07, 6.45) is 2.02. The monoisotopic (exact) mass is 508 g/mol. The van der Waals surface area contributed by atoms with Gasteiger partial charge in [0.1, 0.15) is 5.75 Å². The molecule has 0 bridgehead atoms. The fraction of sp³-hybridized carbons (Fsp3) is 0.400. The first kappa shape index (κ1) is 24.2. The van der Waals surface area contributed by atoms with Crippen LogP contribution >= 0.6 is 34.8 Å². The highest BCUT2D eigenvalue weighted by Gasteiger charge is 2.37. The van der Waals surface area contributed by atoms with E-state index in [2.05, 4.69) is 11.5 Å². The van der Waals surface area contributed by atoms with Crippen molar-refractivity contribution < 1.29 is 14.3 Å². The Kier molecular flexibility index (Phi) is 7.44. The number of hydrogen-bond donors (Lipinski definition) is 0. The molecule has 2 aromatic rings. The Labute approximate surface area is 209 Å². The van der Waals surface area contributed by atoms with Gasteiger partial charge in [-0.15, -0.1) is 0 Å². The zero-order valence-electron chi connectivity index (χ0n) is 18.7. The molecule has 2 aromatic carbocycles. The van der Waals surface area contributed by atoms with Gasteiger partial charge < -0.3 is 14.4 Å². The van der Waals surface area contributed by atoms with Crippen LogP contribution in [0.25, 0.3) is 11.1 Å². The van der Waals surface area contributed by atoms with Gasteiger partial charge in [0.25, 0.3) is 5.91 Å². The minimum atomic E-state index is -0.0778. The second-order valence-electron chi connectivity index (χ2n) is 8.52. The summed E-state index contributed by atoms with van der Waals surface area (Å²) in [6.45, 7) is 7.18. The highest BCUT2D eigenvalue weighted by molar-refractivity contribution is 6.38. The molecule has 2 saturated heterocycles. The minimum Gasteiger partial charge on any atom is -0.501 e. The molecule has 0 radical (unpaired) electrons. The fourth-order valence-corrected chi connectivity index (χ4v) is 5.24. The topological polar surface area (TPSA) is 42.0 Å². The van der Waals surface area contributed by atoms with Crippen LogP contribution in [0.4, 0.5) is 0 Å². The van der Waals surface area contributed by atoms with Crippen LogP contribution in [0.5, 0.6) is 5.75 Å². The normalized spacial score (nSPS) is 19.2. The van der Waals surface area contributed by atoms with E-state index in [0.29, 0.717) is 62.6 Å². The Bertz CT molecular complexity index is 1070. The van der Waals surface area contributed by atoms with E-state index in [-0.39, 0.29) is 5.91 Å². The molecule has 1 amide bonds. The van der Waals surface area contributed by atoms with Gasteiger partial charge in [0.05, 0.1) is 30.6 Å². The van der Waals surface area contributed by atoms with Crippen molar-refractivity contribution in [3.63, 3.8) is 0 Å². The molecule has 2 aliphatic heterocycles. The molecule has 0 aliphatic carbocycles. The van der Waals surface area contributed by atoms with Crippen molar-refractivity contribution >= 4 is 40.7 Å². The molecule has 176 valence electrons. The maximum Gasteiger partial charge on any atom is 0.257 e. The second-order valence-corrected chi connectivity index (χ2v) is 9.78. The number of benzene rings is 2. The SMILES string of the molecule is C=C(OC)C1CN(C2CCCN(C(=O)c3cc(-c4cc(Cl)ccc4Cl)c(Cl)cc3OC)C2)C1. The molecule has 5 nitrogen and oxygen atoms in total. The molecule has 0 spiro atoms. The lowest BCUT2D eigenvalue weighted by atomic mass is 9.92. The standard InChI is InChI=1S/C25H27Cl3N2O3/c1-15(32-2)16-12-30(13-16)18-5-4-8-29(14-18)25(31)21-10-20(23(28)11-24(21)33-3)19-9-17(26)6-7-22(19)27/h6-7,9-11,16,18H,1,4-5,8,12-14H2,2-3H3. The lowest BCUT2D eigenvalue weighted by Crippen LogP contribution is -2.58. The number of halogens is 3. The highest BCUT2D eigenvalue weighted by Crippen LogP contribution is 2.39. The Morgan fingerprint density at radius 3 is 2.45 bits per heavy atom. The molecule has 33 heavy (non-hydrogen) atoms. The fourth-order valence-electron chi connectivity index (χ4n) is 4.59. The van der Waals surface area contributed by atoms with Gasteiger partial charge in [-0.2, -0.15) is 0 Å². The first-order chi connectivity index (χ1) is 15.8. The van der Waals surface area contributed by atoms with E-state index in [1.165, 1.54) is 7.11 Å². The summed E-state index contributed by atoms with van der Waals surface area (Å²) < 4.78 is 10.8. The lowest BCUT2D eigenvalue weighted by Gasteiger charge is -2.47. The highest BCUT2D eigenvalue weighted by atomic mass is 35.5. The Morgan fingerprint density at radius 1 is 1.03 bits per heavy atom. The third-order valence-corrected chi connectivity index (χ3v) is 7.44. The third-order valence-electron chi connectivity index (χ3n) is 6.57. The molecule has 0 saturated carbocycles. The van der Waals surface area contributed by atoms with Crippen molar-refractivity contribution in [2.45, 2.75) is 18.9 Å². The van der Waals surface area contributed by atoms with Crippen LogP contribution in [-0.2, 0) is 4.74 Å². The predicted molar refractivity (Wildman–Crippen MR) is 134 cm³/mol. The van der Waals surface area contributed by atoms with Crippen LogP contribution in [0.15, 0.2) is 42.7 Å². The van der Waals surface area contributed by atoms with Gasteiger partial charge in [0, 0.05) is 65.4 Å². The summed E-state index contributed by atoms with van der Waals surface area (Å²) >= 11 is 19.1. The Morgan fingerprint density at radius 2 is 1.76 bits per heavy atom. The van der Waals surface area contributed by atoms with E-state index < -0.39 is 0 Å². The number of piperidine rings is 1. The van der Waals surface area contributed by atoms with Gasteiger partial charge in [-0.1, -0.05) is 41.4 Å². The average Bonchev–Trinajstić information content (AvgIpc) is 2.79. The predicted octanol–water partition coefficient (Wildman–Crippen LogP) is 6.02.